The molecule has 0 fully saturated rings. The van der Waals surface area contributed by atoms with Gasteiger partial charge in [0, 0.05) is 28.1 Å². The van der Waals surface area contributed by atoms with Gasteiger partial charge in [0.15, 0.2) is 0 Å². The molecule has 3 N–H and O–H groups in total. The van der Waals surface area contributed by atoms with Gasteiger partial charge in [0.1, 0.15) is 0 Å². The van der Waals surface area contributed by atoms with Crippen LogP contribution in [0.4, 0.5) is 11.6 Å². The van der Waals surface area contributed by atoms with Crippen molar-refractivity contribution < 1.29 is 4.79 Å². The van der Waals surface area contributed by atoms with Crippen LogP contribution in [0.15, 0.2) is 41.1 Å². The van der Waals surface area contributed by atoms with Crippen molar-refractivity contribution in [1.29, 1.82) is 0 Å². The zero-order valence-corrected chi connectivity index (χ0v) is 10.3. The van der Waals surface area contributed by atoms with E-state index in [2.05, 4.69) is 31.2 Å². The van der Waals surface area contributed by atoms with Gasteiger partial charge in [-0.2, -0.15) is 0 Å². The van der Waals surface area contributed by atoms with Gasteiger partial charge in [-0.05, 0) is 24.3 Å². The number of carbonyl (C=O) groups excluding carboxylic acids is 1. The minimum atomic E-state index is -0.302. The van der Waals surface area contributed by atoms with Crippen LogP contribution in [0.5, 0.6) is 0 Å². The highest BCUT2D eigenvalue weighted by atomic mass is 79.9. The smallest absolute Gasteiger partial charge is 0.258 e. The third-order valence-corrected chi connectivity index (χ3v) is 2.43. The normalized spacial score (nSPS) is 9.94. The topological polar surface area (TPSA) is 80.9 Å². The molecule has 0 radical (unpaired) electrons. The Bertz CT molecular complexity index is 524. The molecule has 0 saturated carbocycles. The van der Waals surface area contributed by atoms with Gasteiger partial charge in [0.05, 0.1) is 0 Å². The quantitative estimate of drug-likeness (QED) is 0.831. The minimum absolute atomic E-state index is 0.260. The predicted octanol–water partition coefficient (Wildman–Crippen LogP) is 2.07. The molecule has 0 aliphatic heterocycles. The summed E-state index contributed by atoms with van der Waals surface area (Å²) in [5.41, 5.74) is 6.61. The van der Waals surface area contributed by atoms with E-state index in [9.17, 15) is 4.79 Å². The molecule has 0 saturated heterocycles. The molecule has 0 spiro atoms. The lowest BCUT2D eigenvalue weighted by atomic mass is 10.2. The van der Waals surface area contributed by atoms with E-state index in [0.29, 0.717) is 11.3 Å². The average Bonchev–Trinajstić information content (AvgIpc) is 2.29. The average molecular weight is 293 g/mol. The lowest BCUT2D eigenvalue weighted by Gasteiger charge is -2.04. The van der Waals surface area contributed by atoms with E-state index >= 15 is 0 Å². The summed E-state index contributed by atoms with van der Waals surface area (Å²) >= 11 is 3.28. The van der Waals surface area contributed by atoms with Crippen LogP contribution in [0.3, 0.4) is 0 Å². The molecule has 5 nitrogen and oxygen atoms in total. The first-order valence-electron chi connectivity index (χ1n) is 4.79. The Hall–Kier alpha value is -1.95. The second-order valence-electron chi connectivity index (χ2n) is 3.30. The fraction of sp³-hybridized carbons (Fsp3) is 0. The number of nitrogens with zero attached hydrogens (tertiary/aromatic N) is 2. The molecular weight excluding hydrogens is 284 g/mol. The number of nitrogens with one attached hydrogen (secondary N) is 1. The Morgan fingerprint density at radius 2 is 1.94 bits per heavy atom. The standard InChI is InChI=1S/C11H9BrN4O/c12-8-4-7(5-9(13)6-8)10(17)16-11-14-2-1-3-15-11/h1-6H,13H2,(H,14,15,16,17). The van der Waals surface area contributed by atoms with Gasteiger partial charge in [0.25, 0.3) is 5.91 Å². The van der Waals surface area contributed by atoms with Crippen LogP contribution in [-0.4, -0.2) is 15.9 Å². The summed E-state index contributed by atoms with van der Waals surface area (Å²) < 4.78 is 0.747. The molecule has 86 valence electrons. The van der Waals surface area contributed by atoms with Crippen molar-refractivity contribution in [3.05, 3.63) is 46.7 Å². The van der Waals surface area contributed by atoms with Gasteiger partial charge >= 0.3 is 0 Å². The second kappa shape index (κ2) is 4.92. The Morgan fingerprint density at radius 1 is 1.24 bits per heavy atom. The molecule has 6 heteroatoms. The Labute approximate surface area is 106 Å². The number of hydrogen-bond donors (Lipinski definition) is 2. The van der Waals surface area contributed by atoms with Gasteiger partial charge in [-0.15, -0.1) is 0 Å². The highest BCUT2D eigenvalue weighted by Crippen LogP contribution is 2.17. The van der Waals surface area contributed by atoms with Gasteiger partial charge in [-0.1, -0.05) is 15.9 Å². The van der Waals surface area contributed by atoms with Gasteiger partial charge < -0.3 is 5.73 Å². The maximum absolute atomic E-state index is 11.9. The van der Waals surface area contributed by atoms with Crippen molar-refractivity contribution in [2.45, 2.75) is 0 Å². The van der Waals surface area contributed by atoms with Crippen LogP contribution in [0, 0.1) is 0 Å². The van der Waals surface area contributed by atoms with Crippen molar-refractivity contribution >= 4 is 33.5 Å². The molecule has 0 unspecified atom stereocenters. The molecule has 0 aliphatic carbocycles. The monoisotopic (exact) mass is 292 g/mol. The summed E-state index contributed by atoms with van der Waals surface area (Å²) in [6.45, 7) is 0. The van der Waals surface area contributed by atoms with Gasteiger partial charge in [-0.3, -0.25) is 10.1 Å². The summed E-state index contributed by atoms with van der Waals surface area (Å²) in [5, 5.41) is 2.58. The lowest BCUT2D eigenvalue weighted by molar-refractivity contribution is 0.102. The third kappa shape index (κ3) is 3.01. The fourth-order valence-corrected chi connectivity index (χ4v) is 1.79. The van der Waals surface area contributed by atoms with Crippen molar-refractivity contribution in [2.24, 2.45) is 0 Å². The predicted molar refractivity (Wildman–Crippen MR) is 68.5 cm³/mol. The maximum Gasteiger partial charge on any atom is 0.258 e. The van der Waals surface area contributed by atoms with E-state index in [0.717, 1.165) is 4.47 Å². The number of amides is 1. The lowest BCUT2D eigenvalue weighted by Crippen LogP contribution is -2.14. The Kier molecular flexibility index (Phi) is 3.34. The summed E-state index contributed by atoms with van der Waals surface area (Å²) in [4.78, 5) is 19.7. The zero-order valence-electron chi connectivity index (χ0n) is 8.72. The number of benzene rings is 1. The summed E-state index contributed by atoms with van der Waals surface area (Å²) in [7, 11) is 0. The number of aromatic nitrogens is 2. The van der Waals surface area contributed by atoms with Crippen LogP contribution in [0.1, 0.15) is 10.4 Å². The highest BCUT2D eigenvalue weighted by Gasteiger charge is 2.08. The van der Waals surface area contributed by atoms with Crippen LogP contribution in [0.25, 0.3) is 0 Å². The third-order valence-electron chi connectivity index (χ3n) is 1.97. The first-order chi connectivity index (χ1) is 8.15. The Balaban J connectivity index is 2.20. The number of halogens is 1. The van der Waals surface area contributed by atoms with E-state index in [1.165, 1.54) is 0 Å². The summed E-state index contributed by atoms with van der Waals surface area (Å²) in [6, 6.07) is 6.65. The van der Waals surface area contributed by atoms with Crippen molar-refractivity contribution in [2.75, 3.05) is 11.1 Å². The van der Waals surface area contributed by atoms with Crippen molar-refractivity contribution in [3.63, 3.8) is 0 Å². The molecule has 1 amide bonds. The molecule has 17 heavy (non-hydrogen) atoms. The number of rotatable bonds is 2. The summed E-state index contributed by atoms with van der Waals surface area (Å²) in [5.74, 6) is -0.0414. The molecule has 0 bridgehead atoms. The maximum atomic E-state index is 11.9. The molecule has 1 aromatic heterocycles. The fourth-order valence-electron chi connectivity index (χ4n) is 1.28. The number of nitrogen functional groups attached to an aromatic ring is 1. The number of anilines is 2. The number of hydrogen-bond acceptors (Lipinski definition) is 4. The van der Waals surface area contributed by atoms with Crippen LogP contribution in [-0.2, 0) is 0 Å². The first-order valence-corrected chi connectivity index (χ1v) is 5.59. The van der Waals surface area contributed by atoms with Crippen molar-refractivity contribution in [1.82, 2.24) is 9.97 Å². The van der Waals surface area contributed by atoms with E-state index < -0.39 is 0 Å². The molecule has 0 aliphatic rings. The second-order valence-corrected chi connectivity index (χ2v) is 4.22. The van der Waals surface area contributed by atoms with Crippen molar-refractivity contribution in [3.8, 4) is 0 Å². The highest BCUT2D eigenvalue weighted by molar-refractivity contribution is 9.10. The molecule has 1 aromatic carbocycles. The molecule has 1 heterocycles. The number of nitrogens with two attached hydrogens (primary N) is 1. The minimum Gasteiger partial charge on any atom is -0.399 e. The van der Waals surface area contributed by atoms with E-state index in [-0.39, 0.29) is 11.9 Å². The molecule has 2 aromatic rings. The number of carbonyl (C=O) groups is 1. The molecule has 2 rings (SSSR count). The van der Waals surface area contributed by atoms with Crippen LogP contribution < -0.4 is 11.1 Å². The largest absolute Gasteiger partial charge is 0.399 e. The summed E-state index contributed by atoms with van der Waals surface area (Å²) in [6.07, 6.45) is 3.11. The van der Waals surface area contributed by atoms with Crippen LogP contribution in [0.2, 0.25) is 0 Å². The molecular formula is C11H9BrN4O. The Morgan fingerprint density at radius 3 is 2.59 bits per heavy atom. The van der Waals surface area contributed by atoms with E-state index in [4.69, 9.17) is 5.73 Å². The SMILES string of the molecule is Nc1cc(Br)cc(C(=O)Nc2ncccn2)c1. The van der Waals surface area contributed by atoms with Gasteiger partial charge in [-0.25, -0.2) is 9.97 Å². The van der Waals surface area contributed by atoms with Gasteiger partial charge in [0.2, 0.25) is 5.95 Å². The first kappa shape index (κ1) is 11.5. The van der Waals surface area contributed by atoms with Crippen LogP contribution >= 0.6 is 15.9 Å². The zero-order chi connectivity index (χ0) is 12.3. The van der Waals surface area contributed by atoms with E-state index in [1.807, 2.05) is 0 Å². The van der Waals surface area contributed by atoms with E-state index in [1.54, 1.807) is 36.7 Å². The molecule has 0 atom stereocenters.